The van der Waals surface area contributed by atoms with Gasteiger partial charge in [0.05, 0.1) is 35.0 Å². The summed E-state index contributed by atoms with van der Waals surface area (Å²) in [5.41, 5.74) is 4.51. The molecule has 3 saturated heterocycles. The van der Waals surface area contributed by atoms with E-state index in [4.69, 9.17) is 30.8 Å². The number of ether oxygens (including phenoxy) is 3. The molecule has 3 fully saturated rings. The molecule has 0 spiro atoms. The van der Waals surface area contributed by atoms with E-state index in [0.29, 0.717) is 17.5 Å². The number of piperazine rings is 1. The number of halogens is 1. The number of likely N-dealkylation sites (N-methyl/N-ethyl adjacent to an activating group) is 1. The van der Waals surface area contributed by atoms with Crippen LogP contribution in [0.1, 0.15) is 0 Å². The van der Waals surface area contributed by atoms with Crippen molar-refractivity contribution in [1.82, 2.24) is 14.9 Å². The van der Waals surface area contributed by atoms with Crippen molar-refractivity contribution in [2.24, 2.45) is 0 Å². The largest absolute Gasteiger partial charge is 0.470 e. The van der Waals surface area contributed by atoms with Crippen LogP contribution in [0.5, 0.6) is 5.88 Å². The van der Waals surface area contributed by atoms with Gasteiger partial charge in [-0.2, -0.15) is 0 Å². The molecule has 0 radical (unpaired) electrons. The first kappa shape index (κ1) is 21.2. The second-order valence-electron chi connectivity index (χ2n) is 9.04. The molecule has 3 aromatic rings. The Bertz CT molecular complexity index is 1150. The van der Waals surface area contributed by atoms with E-state index in [1.807, 2.05) is 12.1 Å². The number of hydrogen-bond acceptors (Lipinski definition) is 7. The van der Waals surface area contributed by atoms with Gasteiger partial charge in [0.25, 0.3) is 0 Å². The van der Waals surface area contributed by atoms with Crippen LogP contribution in [0.15, 0.2) is 36.4 Å². The van der Waals surface area contributed by atoms with Gasteiger partial charge in [0.15, 0.2) is 12.0 Å². The van der Waals surface area contributed by atoms with Crippen LogP contribution in [0.3, 0.4) is 0 Å². The predicted octanol–water partition coefficient (Wildman–Crippen LogP) is 2.54. The zero-order chi connectivity index (χ0) is 22.5. The molecule has 9 heteroatoms. The first-order chi connectivity index (χ1) is 16.0. The Morgan fingerprint density at radius 1 is 1.06 bits per heavy atom. The highest BCUT2D eigenvalue weighted by Gasteiger charge is 2.48. The number of hydrogen-bond donors (Lipinski definition) is 2. The summed E-state index contributed by atoms with van der Waals surface area (Å²) < 4.78 is 17.4. The molecule has 174 valence electrons. The van der Waals surface area contributed by atoms with Crippen LogP contribution in [0.4, 0.5) is 5.69 Å². The number of aliphatic hydroxyl groups excluding tert-OH is 1. The van der Waals surface area contributed by atoms with Crippen molar-refractivity contribution >= 4 is 28.3 Å². The molecule has 5 heterocycles. The molecule has 3 aliphatic rings. The minimum absolute atomic E-state index is 0.266. The summed E-state index contributed by atoms with van der Waals surface area (Å²) in [4.78, 5) is 12.8. The van der Waals surface area contributed by atoms with E-state index in [-0.39, 0.29) is 24.9 Å². The molecule has 6 rings (SSSR count). The Labute approximate surface area is 197 Å². The smallest absolute Gasteiger partial charge is 0.193 e. The zero-order valence-corrected chi connectivity index (χ0v) is 19.2. The number of aromatic amines is 1. The molecular weight excluding hydrogens is 444 g/mol. The Hall–Kier alpha value is -2.36. The number of aliphatic hydroxyl groups is 1. The van der Waals surface area contributed by atoms with Gasteiger partial charge >= 0.3 is 0 Å². The quantitative estimate of drug-likeness (QED) is 0.606. The van der Waals surface area contributed by atoms with Gasteiger partial charge in [-0.3, -0.25) is 0 Å². The molecule has 33 heavy (non-hydrogen) atoms. The van der Waals surface area contributed by atoms with Crippen molar-refractivity contribution in [2.75, 3.05) is 51.3 Å². The zero-order valence-electron chi connectivity index (χ0n) is 18.4. The van der Waals surface area contributed by atoms with Crippen LogP contribution in [0.25, 0.3) is 22.3 Å². The molecule has 0 saturated carbocycles. The highest BCUT2D eigenvalue weighted by Crippen LogP contribution is 2.34. The maximum absolute atomic E-state index is 9.93. The number of rotatable bonds is 4. The third-order valence-electron chi connectivity index (χ3n) is 6.80. The first-order valence-corrected chi connectivity index (χ1v) is 11.7. The van der Waals surface area contributed by atoms with Gasteiger partial charge in [-0.1, -0.05) is 23.7 Å². The van der Waals surface area contributed by atoms with Crippen LogP contribution in [0.2, 0.25) is 5.02 Å². The van der Waals surface area contributed by atoms with E-state index >= 15 is 0 Å². The fourth-order valence-corrected chi connectivity index (χ4v) is 5.14. The minimum atomic E-state index is -0.600. The number of pyridine rings is 1. The van der Waals surface area contributed by atoms with E-state index in [1.54, 1.807) is 0 Å². The summed E-state index contributed by atoms with van der Waals surface area (Å²) in [5.74, 6) is 0.579. The molecule has 8 nitrogen and oxygen atoms in total. The standard InChI is InChI=1S/C24H27ClN4O4/c1-28-6-8-29(9-7-28)15-4-2-14(3-5-15)22-16(25)10-17-18(27-22)11-21(26-17)33-20-13-32-23-19(30)12-31-24(20)23/h2-5,10-11,19-20,23-24,26,30H,6-9,12-13H2,1H3/t19-,20-,23?,24-/m1/s1. The van der Waals surface area contributed by atoms with Gasteiger partial charge in [-0.15, -0.1) is 0 Å². The summed E-state index contributed by atoms with van der Waals surface area (Å²) in [6, 6.07) is 12.2. The lowest BCUT2D eigenvalue weighted by molar-refractivity contribution is 0.00794. The number of H-pyrrole nitrogens is 1. The third-order valence-corrected chi connectivity index (χ3v) is 7.09. The monoisotopic (exact) mass is 470 g/mol. The third kappa shape index (κ3) is 3.96. The van der Waals surface area contributed by atoms with Crippen molar-refractivity contribution in [3.8, 4) is 17.1 Å². The van der Waals surface area contributed by atoms with E-state index < -0.39 is 6.10 Å². The van der Waals surface area contributed by atoms with Crippen molar-refractivity contribution in [2.45, 2.75) is 24.4 Å². The van der Waals surface area contributed by atoms with E-state index in [9.17, 15) is 5.11 Å². The van der Waals surface area contributed by atoms with Crippen molar-refractivity contribution in [3.63, 3.8) is 0 Å². The van der Waals surface area contributed by atoms with Crippen LogP contribution in [0, 0.1) is 0 Å². The lowest BCUT2D eigenvalue weighted by Crippen LogP contribution is -2.44. The molecule has 3 aliphatic heterocycles. The average Bonchev–Trinajstić information content (AvgIpc) is 3.51. The normalized spacial score (nSPS) is 27.9. The lowest BCUT2D eigenvalue weighted by Gasteiger charge is -2.34. The van der Waals surface area contributed by atoms with E-state index in [2.05, 4.69) is 46.1 Å². The molecule has 0 bridgehead atoms. The van der Waals surface area contributed by atoms with Crippen LogP contribution in [-0.2, 0) is 9.47 Å². The van der Waals surface area contributed by atoms with E-state index in [1.165, 1.54) is 5.69 Å². The number of nitrogens with zero attached hydrogens (tertiary/aromatic N) is 3. The summed E-state index contributed by atoms with van der Waals surface area (Å²) in [6.45, 7) is 4.86. The van der Waals surface area contributed by atoms with E-state index in [0.717, 1.165) is 48.5 Å². The van der Waals surface area contributed by atoms with Crippen LogP contribution in [-0.4, -0.2) is 90.8 Å². The summed E-state index contributed by atoms with van der Waals surface area (Å²) >= 11 is 6.60. The molecule has 1 unspecified atom stereocenters. The molecule has 4 atom stereocenters. The fraction of sp³-hybridized carbons (Fsp3) is 0.458. The summed E-state index contributed by atoms with van der Waals surface area (Å²) in [7, 11) is 2.16. The maximum Gasteiger partial charge on any atom is 0.193 e. The molecular formula is C24H27ClN4O4. The number of nitrogens with one attached hydrogen (secondary N) is 1. The van der Waals surface area contributed by atoms with Gasteiger partial charge < -0.3 is 34.1 Å². The van der Waals surface area contributed by atoms with Gasteiger partial charge in [0, 0.05) is 43.5 Å². The Morgan fingerprint density at radius 2 is 1.82 bits per heavy atom. The maximum atomic E-state index is 9.93. The van der Waals surface area contributed by atoms with Crippen molar-refractivity contribution < 1.29 is 19.3 Å². The fourth-order valence-electron chi connectivity index (χ4n) is 4.88. The lowest BCUT2D eigenvalue weighted by atomic mass is 10.1. The highest BCUT2D eigenvalue weighted by molar-refractivity contribution is 6.33. The second kappa shape index (κ2) is 8.45. The molecule has 1 aromatic carbocycles. The topological polar surface area (TPSA) is 83.1 Å². The second-order valence-corrected chi connectivity index (χ2v) is 9.45. The SMILES string of the molecule is CN1CCN(c2ccc(-c3nc4cc(O[C@@H]5COC6[C@H](O)CO[C@@H]65)[nH]c4cc3Cl)cc2)CC1. The Morgan fingerprint density at radius 3 is 2.61 bits per heavy atom. The molecule has 0 aliphatic carbocycles. The highest BCUT2D eigenvalue weighted by atomic mass is 35.5. The molecule has 2 N–H and O–H groups in total. The Kier molecular flexibility index (Phi) is 5.43. The van der Waals surface area contributed by atoms with Crippen LogP contribution < -0.4 is 9.64 Å². The van der Waals surface area contributed by atoms with Crippen LogP contribution >= 0.6 is 11.6 Å². The summed E-state index contributed by atoms with van der Waals surface area (Å²) in [5, 5.41) is 10.5. The molecule has 2 aromatic heterocycles. The minimum Gasteiger partial charge on any atom is -0.470 e. The van der Waals surface area contributed by atoms with Crippen molar-refractivity contribution in [3.05, 3.63) is 41.4 Å². The number of anilines is 1. The number of aromatic nitrogens is 2. The van der Waals surface area contributed by atoms with Gasteiger partial charge in [0.1, 0.15) is 18.3 Å². The van der Waals surface area contributed by atoms with Crippen molar-refractivity contribution in [1.29, 1.82) is 0 Å². The predicted molar refractivity (Wildman–Crippen MR) is 126 cm³/mol. The number of fused-ring (bicyclic) bond motifs is 2. The number of benzene rings is 1. The van der Waals surface area contributed by atoms with Gasteiger partial charge in [-0.05, 0) is 25.2 Å². The molecule has 0 amide bonds. The summed E-state index contributed by atoms with van der Waals surface area (Å²) in [6.07, 6.45) is -1.47. The van der Waals surface area contributed by atoms with Gasteiger partial charge in [-0.25, -0.2) is 4.98 Å². The average molecular weight is 471 g/mol. The first-order valence-electron chi connectivity index (χ1n) is 11.4. The Balaban J connectivity index is 1.21. The van der Waals surface area contributed by atoms with Gasteiger partial charge in [0.2, 0.25) is 0 Å².